The molecule has 2 rings (SSSR count). The second kappa shape index (κ2) is 4.84. The lowest BCUT2D eigenvalue weighted by atomic mass is 10.2. The summed E-state index contributed by atoms with van der Waals surface area (Å²) in [4.78, 5) is 0. The molecule has 0 bridgehead atoms. The minimum Gasteiger partial charge on any atom is -0.455 e. The molecule has 0 saturated carbocycles. The number of nitrogen functional groups attached to an aromatic ring is 1. The third-order valence-electron chi connectivity index (χ3n) is 2.65. The van der Waals surface area contributed by atoms with E-state index >= 15 is 0 Å². The second-order valence-electron chi connectivity index (χ2n) is 4.12. The molecule has 19 heavy (non-hydrogen) atoms. The van der Waals surface area contributed by atoms with Crippen LogP contribution in [0.3, 0.4) is 0 Å². The van der Waals surface area contributed by atoms with Crippen molar-refractivity contribution in [3.63, 3.8) is 0 Å². The molecule has 0 aliphatic rings. The molecule has 0 saturated heterocycles. The number of para-hydroxylation sites is 1. The van der Waals surface area contributed by atoms with Crippen molar-refractivity contribution in [1.29, 1.82) is 0 Å². The third kappa shape index (κ3) is 2.99. The molecule has 0 aliphatic heterocycles. The van der Waals surface area contributed by atoms with Crippen LogP contribution in [0.25, 0.3) is 0 Å². The van der Waals surface area contributed by atoms with Crippen LogP contribution in [0.5, 0.6) is 11.5 Å². The molecule has 2 nitrogen and oxygen atoms in total. The quantitative estimate of drug-likeness (QED) is 0.819. The van der Waals surface area contributed by atoms with E-state index in [1.807, 2.05) is 19.1 Å². The van der Waals surface area contributed by atoms with E-state index in [0.717, 1.165) is 17.7 Å². The van der Waals surface area contributed by atoms with E-state index in [-0.39, 0.29) is 11.4 Å². The molecule has 2 aromatic rings. The smallest absolute Gasteiger partial charge is 0.416 e. The average Bonchev–Trinajstić information content (AvgIpc) is 2.33. The normalized spacial score (nSPS) is 11.4. The van der Waals surface area contributed by atoms with Gasteiger partial charge in [0, 0.05) is 0 Å². The summed E-state index contributed by atoms with van der Waals surface area (Å²) < 4.78 is 43.0. The fourth-order valence-electron chi connectivity index (χ4n) is 1.61. The van der Waals surface area contributed by atoms with Crippen LogP contribution in [-0.4, -0.2) is 0 Å². The number of nitrogens with two attached hydrogens (primary N) is 1. The van der Waals surface area contributed by atoms with Crippen molar-refractivity contribution in [1.82, 2.24) is 0 Å². The van der Waals surface area contributed by atoms with Gasteiger partial charge < -0.3 is 10.5 Å². The Labute approximate surface area is 108 Å². The highest BCUT2D eigenvalue weighted by Gasteiger charge is 2.30. The van der Waals surface area contributed by atoms with E-state index in [4.69, 9.17) is 10.5 Å². The minimum atomic E-state index is -4.41. The van der Waals surface area contributed by atoms with Crippen molar-refractivity contribution in [3.05, 3.63) is 53.6 Å². The second-order valence-corrected chi connectivity index (χ2v) is 4.12. The van der Waals surface area contributed by atoms with Gasteiger partial charge in [-0.15, -0.1) is 0 Å². The Hall–Kier alpha value is -2.17. The molecule has 0 amide bonds. The fraction of sp³-hybridized carbons (Fsp3) is 0.143. The van der Waals surface area contributed by atoms with Gasteiger partial charge in [0.25, 0.3) is 0 Å². The maximum absolute atomic E-state index is 12.5. The van der Waals surface area contributed by atoms with Crippen molar-refractivity contribution in [2.24, 2.45) is 0 Å². The van der Waals surface area contributed by atoms with Gasteiger partial charge in [0.2, 0.25) is 0 Å². The Kier molecular flexibility index (Phi) is 3.38. The molecule has 0 spiro atoms. The Morgan fingerprint density at radius 1 is 1.00 bits per heavy atom. The summed E-state index contributed by atoms with van der Waals surface area (Å²) >= 11 is 0. The Morgan fingerprint density at radius 2 is 1.68 bits per heavy atom. The van der Waals surface area contributed by atoms with E-state index in [2.05, 4.69) is 0 Å². The first kappa shape index (κ1) is 13.3. The number of anilines is 1. The van der Waals surface area contributed by atoms with E-state index in [1.54, 1.807) is 12.1 Å². The molecule has 0 atom stereocenters. The number of hydrogen-bond acceptors (Lipinski definition) is 2. The predicted molar refractivity (Wildman–Crippen MR) is 67.1 cm³/mol. The number of rotatable bonds is 2. The molecule has 5 heteroatoms. The van der Waals surface area contributed by atoms with Crippen LogP contribution < -0.4 is 10.5 Å². The summed E-state index contributed by atoms with van der Waals surface area (Å²) in [6.07, 6.45) is -4.41. The van der Waals surface area contributed by atoms with Gasteiger partial charge >= 0.3 is 6.18 Å². The molecule has 0 unspecified atom stereocenters. The van der Waals surface area contributed by atoms with Crippen molar-refractivity contribution < 1.29 is 17.9 Å². The van der Waals surface area contributed by atoms with Crippen LogP contribution in [0.4, 0.5) is 18.9 Å². The fourth-order valence-corrected chi connectivity index (χ4v) is 1.61. The summed E-state index contributed by atoms with van der Waals surface area (Å²) in [6, 6.07) is 10.2. The summed E-state index contributed by atoms with van der Waals surface area (Å²) in [5.74, 6) is 0.774. The van der Waals surface area contributed by atoms with Gasteiger partial charge in [-0.1, -0.05) is 18.2 Å². The highest BCUT2D eigenvalue weighted by molar-refractivity contribution is 5.56. The van der Waals surface area contributed by atoms with Gasteiger partial charge in [0.1, 0.15) is 11.5 Å². The lowest BCUT2D eigenvalue weighted by Gasteiger charge is -2.13. The van der Waals surface area contributed by atoms with Crippen molar-refractivity contribution in [3.8, 4) is 11.5 Å². The zero-order chi connectivity index (χ0) is 14.0. The van der Waals surface area contributed by atoms with Crippen LogP contribution in [0.15, 0.2) is 42.5 Å². The molecule has 0 fully saturated rings. The first-order valence-corrected chi connectivity index (χ1v) is 5.58. The molecule has 2 N–H and O–H groups in total. The van der Waals surface area contributed by atoms with Crippen molar-refractivity contribution in [2.75, 3.05) is 5.73 Å². The summed E-state index contributed by atoms with van der Waals surface area (Å²) in [6.45, 7) is 1.84. The van der Waals surface area contributed by atoms with Gasteiger partial charge in [0.05, 0.1) is 11.3 Å². The van der Waals surface area contributed by atoms with E-state index in [1.165, 1.54) is 6.07 Å². The van der Waals surface area contributed by atoms with Gasteiger partial charge in [-0.25, -0.2) is 0 Å². The average molecular weight is 267 g/mol. The first-order valence-electron chi connectivity index (χ1n) is 5.58. The van der Waals surface area contributed by atoms with Crippen LogP contribution >= 0.6 is 0 Å². The van der Waals surface area contributed by atoms with Crippen LogP contribution in [-0.2, 0) is 6.18 Å². The molecule has 0 aromatic heterocycles. The third-order valence-corrected chi connectivity index (χ3v) is 2.65. The minimum absolute atomic E-state index is 0.0434. The molecular formula is C14H12F3NO. The summed E-state index contributed by atoms with van der Waals surface area (Å²) in [7, 11) is 0. The molecule has 0 aliphatic carbocycles. The van der Waals surface area contributed by atoms with Crippen molar-refractivity contribution >= 4 is 5.69 Å². The van der Waals surface area contributed by atoms with Crippen LogP contribution in [0.1, 0.15) is 11.1 Å². The predicted octanol–water partition coefficient (Wildman–Crippen LogP) is 4.39. The largest absolute Gasteiger partial charge is 0.455 e. The zero-order valence-electron chi connectivity index (χ0n) is 10.2. The lowest BCUT2D eigenvalue weighted by Crippen LogP contribution is -2.06. The number of halogens is 3. The Balaban J connectivity index is 2.30. The number of aryl methyl sites for hydroxylation is 1. The first-order chi connectivity index (χ1) is 8.88. The molecule has 0 radical (unpaired) electrons. The van der Waals surface area contributed by atoms with Crippen LogP contribution in [0.2, 0.25) is 0 Å². The molecule has 0 heterocycles. The highest BCUT2D eigenvalue weighted by Crippen LogP contribution is 2.35. The monoisotopic (exact) mass is 267 g/mol. The van der Waals surface area contributed by atoms with Crippen LogP contribution in [0, 0.1) is 6.92 Å². The topological polar surface area (TPSA) is 35.2 Å². The maximum Gasteiger partial charge on any atom is 0.416 e. The van der Waals surface area contributed by atoms with Gasteiger partial charge in [-0.05, 0) is 36.8 Å². The van der Waals surface area contributed by atoms with Gasteiger partial charge in [-0.3, -0.25) is 0 Å². The summed E-state index contributed by atoms with van der Waals surface area (Å²) in [5.41, 5.74) is 5.63. The number of ether oxygens (including phenoxy) is 1. The van der Waals surface area contributed by atoms with E-state index in [9.17, 15) is 13.2 Å². The molecule has 100 valence electrons. The van der Waals surface area contributed by atoms with Gasteiger partial charge in [0.15, 0.2) is 0 Å². The molecular weight excluding hydrogens is 255 g/mol. The Morgan fingerprint density at radius 3 is 2.26 bits per heavy atom. The number of alkyl halides is 3. The Bertz CT molecular complexity index is 593. The van der Waals surface area contributed by atoms with E-state index < -0.39 is 11.7 Å². The van der Waals surface area contributed by atoms with Gasteiger partial charge in [-0.2, -0.15) is 13.2 Å². The standard InChI is InChI=1S/C14H12F3NO/c1-9-4-2-3-5-12(9)19-13-7-6-10(8-11(13)18)14(15,16)17/h2-8H,18H2,1H3. The van der Waals surface area contributed by atoms with Crippen molar-refractivity contribution in [2.45, 2.75) is 13.1 Å². The molecule has 2 aromatic carbocycles. The highest BCUT2D eigenvalue weighted by atomic mass is 19.4. The zero-order valence-corrected chi connectivity index (χ0v) is 10.2. The van der Waals surface area contributed by atoms with E-state index in [0.29, 0.717) is 5.75 Å². The summed E-state index contributed by atoms with van der Waals surface area (Å²) in [5, 5.41) is 0. The SMILES string of the molecule is Cc1ccccc1Oc1ccc(C(F)(F)F)cc1N. The maximum atomic E-state index is 12.5. The lowest BCUT2D eigenvalue weighted by molar-refractivity contribution is -0.137. The number of hydrogen-bond donors (Lipinski definition) is 1. The number of benzene rings is 2.